The minimum atomic E-state index is -0.0791. The lowest BCUT2D eigenvalue weighted by atomic mass is 10.1. The first-order valence-electron chi connectivity index (χ1n) is 5.18. The minimum absolute atomic E-state index is 0.0791. The van der Waals surface area contributed by atoms with E-state index in [0.717, 1.165) is 15.7 Å². The number of benzene rings is 1. The third-order valence-corrected chi connectivity index (χ3v) is 2.92. The summed E-state index contributed by atoms with van der Waals surface area (Å²) >= 11 is 3.37. The highest BCUT2D eigenvalue weighted by molar-refractivity contribution is 9.10. The Morgan fingerprint density at radius 1 is 1.53 bits per heavy atom. The molecule has 1 aromatic carbocycles. The van der Waals surface area contributed by atoms with Crippen molar-refractivity contribution >= 4 is 21.8 Å². The number of rotatable bonds is 3. The number of nitrogens with zero attached hydrogens (tertiary/aromatic N) is 1. The number of aryl methyl sites for hydroxylation is 1. The van der Waals surface area contributed by atoms with Crippen molar-refractivity contribution in [1.29, 1.82) is 0 Å². The molecule has 2 aromatic rings. The predicted octanol–water partition coefficient (Wildman–Crippen LogP) is 2.41. The van der Waals surface area contributed by atoms with Crippen LogP contribution >= 0.6 is 15.9 Å². The lowest BCUT2D eigenvalue weighted by Crippen LogP contribution is -2.23. The van der Waals surface area contributed by atoms with E-state index in [1.54, 1.807) is 12.5 Å². The van der Waals surface area contributed by atoms with Crippen LogP contribution in [0.2, 0.25) is 0 Å². The van der Waals surface area contributed by atoms with Crippen molar-refractivity contribution in [2.24, 2.45) is 0 Å². The van der Waals surface area contributed by atoms with Gasteiger partial charge in [0.1, 0.15) is 0 Å². The zero-order valence-corrected chi connectivity index (χ0v) is 10.9. The molecule has 1 aromatic heterocycles. The Morgan fingerprint density at radius 3 is 3.00 bits per heavy atom. The topological polar surface area (TPSA) is 57.8 Å². The fourth-order valence-corrected chi connectivity index (χ4v) is 2.01. The summed E-state index contributed by atoms with van der Waals surface area (Å²) in [6.07, 6.45) is 3.28. The van der Waals surface area contributed by atoms with Crippen LogP contribution in [-0.2, 0) is 6.54 Å². The molecule has 17 heavy (non-hydrogen) atoms. The summed E-state index contributed by atoms with van der Waals surface area (Å²) in [7, 11) is 0. The lowest BCUT2D eigenvalue weighted by molar-refractivity contribution is 0.0950. The Balaban J connectivity index is 2.04. The number of imidazole rings is 1. The molecular weight excluding hydrogens is 282 g/mol. The van der Waals surface area contributed by atoms with Crippen LogP contribution in [0.25, 0.3) is 0 Å². The predicted molar refractivity (Wildman–Crippen MR) is 68.6 cm³/mol. The van der Waals surface area contributed by atoms with Gasteiger partial charge < -0.3 is 10.3 Å². The van der Waals surface area contributed by atoms with Crippen molar-refractivity contribution in [3.63, 3.8) is 0 Å². The second kappa shape index (κ2) is 5.14. The number of hydrogen-bond donors (Lipinski definition) is 2. The molecule has 0 saturated carbocycles. The Kier molecular flexibility index (Phi) is 3.58. The quantitative estimate of drug-likeness (QED) is 0.913. The van der Waals surface area contributed by atoms with E-state index in [0.29, 0.717) is 12.1 Å². The van der Waals surface area contributed by atoms with E-state index in [1.165, 1.54) is 0 Å². The summed E-state index contributed by atoms with van der Waals surface area (Å²) in [6, 6.07) is 5.59. The Labute approximate surface area is 108 Å². The Hall–Kier alpha value is -1.62. The smallest absolute Gasteiger partial charge is 0.251 e. The molecule has 1 amide bonds. The maximum atomic E-state index is 11.9. The molecule has 2 rings (SSSR count). The van der Waals surface area contributed by atoms with Crippen molar-refractivity contribution in [1.82, 2.24) is 15.3 Å². The van der Waals surface area contributed by atoms with Gasteiger partial charge in [0.05, 0.1) is 18.6 Å². The van der Waals surface area contributed by atoms with Gasteiger partial charge in [0.2, 0.25) is 0 Å². The van der Waals surface area contributed by atoms with Crippen LogP contribution in [0.4, 0.5) is 0 Å². The molecule has 0 aliphatic carbocycles. The fraction of sp³-hybridized carbons (Fsp3) is 0.167. The highest BCUT2D eigenvalue weighted by Crippen LogP contribution is 2.15. The molecule has 0 saturated heterocycles. The van der Waals surface area contributed by atoms with Crippen LogP contribution < -0.4 is 5.32 Å². The number of H-pyrrole nitrogens is 1. The molecule has 1 heterocycles. The standard InChI is InChI=1S/C12H12BrN3O/c1-8-4-9(13)2-3-11(8)12(17)15-6-10-5-14-7-16-10/h2-5,7H,6H2,1H3,(H,14,16)(H,15,17). The SMILES string of the molecule is Cc1cc(Br)ccc1C(=O)NCc1cnc[nH]1. The maximum absolute atomic E-state index is 11.9. The van der Waals surface area contributed by atoms with Gasteiger partial charge in [0, 0.05) is 16.2 Å². The zero-order valence-electron chi connectivity index (χ0n) is 9.33. The molecule has 0 unspecified atom stereocenters. The molecule has 5 heteroatoms. The average molecular weight is 294 g/mol. The summed E-state index contributed by atoms with van der Waals surface area (Å²) in [6.45, 7) is 2.37. The van der Waals surface area contributed by atoms with E-state index < -0.39 is 0 Å². The molecule has 0 radical (unpaired) electrons. The number of carbonyl (C=O) groups is 1. The van der Waals surface area contributed by atoms with E-state index in [-0.39, 0.29) is 5.91 Å². The van der Waals surface area contributed by atoms with Crippen molar-refractivity contribution in [3.05, 3.63) is 52.0 Å². The first-order chi connectivity index (χ1) is 8.16. The number of halogens is 1. The van der Waals surface area contributed by atoms with Crippen molar-refractivity contribution in [2.75, 3.05) is 0 Å². The first-order valence-corrected chi connectivity index (χ1v) is 5.97. The Bertz CT molecular complexity index is 523. The summed E-state index contributed by atoms with van der Waals surface area (Å²) in [5.41, 5.74) is 2.52. The van der Waals surface area contributed by atoms with Gasteiger partial charge in [0.15, 0.2) is 0 Å². The number of amides is 1. The van der Waals surface area contributed by atoms with Gasteiger partial charge in [-0.1, -0.05) is 15.9 Å². The number of aromatic nitrogens is 2. The largest absolute Gasteiger partial charge is 0.347 e. The van der Waals surface area contributed by atoms with Crippen molar-refractivity contribution < 1.29 is 4.79 Å². The second-order valence-electron chi connectivity index (χ2n) is 3.72. The van der Waals surface area contributed by atoms with Crippen LogP contribution in [0.15, 0.2) is 35.2 Å². The van der Waals surface area contributed by atoms with Crippen LogP contribution in [0, 0.1) is 6.92 Å². The van der Waals surface area contributed by atoms with Gasteiger partial charge in [-0.2, -0.15) is 0 Å². The molecule has 2 N–H and O–H groups in total. The normalized spacial score (nSPS) is 10.2. The summed E-state index contributed by atoms with van der Waals surface area (Å²) in [4.78, 5) is 18.7. The van der Waals surface area contributed by atoms with E-state index in [4.69, 9.17) is 0 Å². The Morgan fingerprint density at radius 2 is 2.35 bits per heavy atom. The van der Waals surface area contributed by atoms with E-state index >= 15 is 0 Å². The van der Waals surface area contributed by atoms with E-state index in [1.807, 2.05) is 25.1 Å². The van der Waals surface area contributed by atoms with Gasteiger partial charge in [-0.05, 0) is 30.7 Å². The van der Waals surface area contributed by atoms with Gasteiger partial charge in [-0.25, -0.2) is 4.98 Å². The molecule has 4 nitrogen and oxygen atoms in total. The number of hydrogen-bond acceptors (Lipinski definition) is 2. The van der Waals surface area contributed by atoms with Gasteiger partial charge in [-0.15, -0.1) is 0 Å². The number of nitrogens with one attached hydrogen (secondary N) is 2. The van der Waals surface area contributed by atoms with E-state index in [2.05, 4.69) is 31.2 Å². The molecule has 0 atom stereocenters. The first kappa shape index (κ1) is 11.9. The maximum Gasteiger partial charge on any atom is 0.251 e. The van der Waals surface area contributed by atoms with Crippen LogP contribution in [0.3, 0.4) is 0 Å². The molecule has 0 aliphatic rings. The lowest BCUT2D eigenvalue weighted by Gasteiger charge is -2.07. The molecule has 0 aliphatic heterocycles. The molecule has 0 fully saturated rings. The molecule has 88 valence electrons. The van der Waals surface area contributed by atoms with Crippen LogP contribution in [-0.4, -0.2) is 15.9 Å². The fourth-order valence-electron chi connectivity index (χ4n) is 1.53. The van der Waals surface area contributed by atoms with Crippen molar-refractivity contribution in [2.45, 2.75) is 13.5 Å². The zero-order chi connectivity index (χ0) is 12.3. The van der Waals surface area contributed by atoms with Gasteiger partial charge in [-0.3, -0.25) is 4.79 Å². The molecule has 0 spiro atoms. The summed E-state index contributed by atoms with van der Waals surface area (Å²) in [5, 5.41) is 2.84. The summed E-state index contributed by atoms with van der Waals surface area (Å²) in [5.74, 6) is -0.0791. The molecular formula is C12H12BrN3O. The van der Waals surface area contributed by atoms with Gasteiger partial charge in [0.25, 0.3) is 5.91 Å². The third kappa shape index (κ3) is 2.94. The number of aromatic amines is 1. The highest BCUT2D eigenvalue weighted by atomic mass is 79.9. The highest BCUT2D eigenvalue weighted by Gasteiger charge is 2.08. The molecule has 0 bridgehead atoms. The number of carbonyl (C=O) groups excluding carboxylic acids is 1. The second-order valence-corrected chi connectivity index (χ2v) is 4.63. The van der Waals surface area contributed by atoms with Crippen LogP contribution in [0.5, 0.6) is 0 Å². The third-order valence-electron chi connectivity index (χ3n) is 2.43. The average Bonchev–Trinajstić information content (AvgIpc) is 2.78. The minimum Gasteiger partial charge on any atom is -0.347 e. The summed E-state index contributed by atoms with van der Waals surface area (Å²) < 4.78 is 0.972. The van der Waals surface area contributed by atoms with Crippen LogP contribution in [0.1, 0.15) is 21.6 Å². The van der Waals surface area contributed by atoms with E-state index in [9.17, 15) is 4.79 Å². The van der Waals surface area contributed by atoms with Gasteiger partial charge >= 0.3 is 0 Å². The monoisotopic (exact) mass is 293 g/mol. The van der Waals surface area contributed by atoms with Crippen molar-refractivity contribution in [3.8, 4) is 0 Å².